The van der Waals surface area contributed by atoms with Crippen molar-refractivity contribution in [2.75, 3.05) is 6.54 Å². The van der Waals surface area contributed by atoms with Gasteiger partial charge in [-0.25, -0.2) is 0 Å². The largest absolute Gasteiger partial charge is 0.330 e. The number of rotatable bonds is 1. The van der Waals surface area contributed by atoms with Crippen molar-refractivity contribution >= 4 is 0 Å². The predicted octanol–water partition coefficient (Wildman–Crippen LogP) is 2.37. The molecule has 0 radical (unpaired) electrons. The van der Waals surface area contributed by atoms with Crippen LogP contribution in [0.3, 0.4) is 0 Å². The van der Waals surface area contributed by atoms with Crippen LogP contribution in [-0.2, 0) is 0 Å². The van der Waals surface area contributed by atoms with Crippen LogP contribution in [0.5, 0.6) is 0 Å². The Morgan fingerprint density at radius 1 is 0.667 bits per heavy atom. The predicted molar refractivity (Wildman–Crippen MR) is 82.9 cm³/mol. The van der Waals surface area contributed by atoms with E-state index in [2.05, 4.69) is 0 Å². The highest BCUT2D eigenvalue weighted by Crippen LogP contribution is 3.40. The lowest BCUT2D eigenvalue weighted by atomic mass is 8.76. The third-order valence-corrected chi connectivity index (χ3v) is 16.7. The van der Waals surface area contributed by atoms with Gasteiger partial charge < -0.3 is 5.73 Å². The Morgan fingerprint density at radius 3 is 2.17 bits per heavy atom. The monoisotopic (exact) mass is 313 g/mol. The molecule has 0 saturated heterocycles. The van der Waals surface area contributed by atoms with Crippen LogP contribution in [0.4, 0.5) is 0 Å². The van der Waals surface area contributed by atoms with Crippen molar-refractivity contribution in [1.29, 1.82) is 0 Å². The van der Waals surface area contributed by atoms with Gasteiger partial charge in [-0.2, -0.15) is 0 Å². The molecule has 18 atom stereocenters. The van der Waals surface area contributed by atoms with Crippen LogP contribution in [0.1, 0.15) is 25.7 Å². The van der Waals surface area contributed by atoms with E-state index in [-0.39, 0.29) is 0 Å². The Kier molecular flexibility index (Phi) is 0.705. The minimum absolute atomic E-state index is 0.967. The van der Waals surface area contributed by atoms with Gasteiger partial charge in [0.25, 0.3) is 0 Å². The molecule has 7 spiro atoms. The Labute approximate surface area is 141 Å². The first-order chi connectivity index (χ1) is 11.8. The SMILES string of the molecule is NCC1CC2C3C4CC5C6CC7C8C9CC9%10C9C1C21C9%10C82C67C54C312. The summed E-state index contributed by atoms with van der Waals surface area (Å²) in [6.07, 6.45) is 6.77. The van der Waals surface area contributed by atoms with Gasteiger partial charge >= 0.3 is 0 Å². The standard InChI is InChI=1S/C23H23N/c24-5-6-1-9-14-10-2-7-8-3-11-15-12-4-17(12)16-13(6)20(9)21(14)18(7,10)19(8,11)22(15,21)23(16,17)20/h6-16H,1-5,24H2. The van der Waals surface area contributed by atoms with Crippen molar-refractivity contribution in [3.63, 3.8) is 0 Å². The smallest absolute Gasteiger partial charge is 0.00458 e. The quantitative estimate of drug-likeness (QED) is 0.790. The fourth-order valence-corrected chi connectivity index (χ4v) is 19.4. The highest BCUT2D eigenvalue weighted by atomic mass is 15.4. The molecule has 13 aliphatic rings. The summed E-state index contributed by atoms with van der Waals surface area (Å²) in [5.41, 5.74) is 13.5. The van der Waals surface area contributed by atoms with Crippen molar-refractivity contribution in [2.24, 2.45) is 109 Å². The van der Waals surface area contributed by atoms with Crippen LogP contribution in [0.15, 0.2) is 0 Å². The molecule has 0 bridgehead atoms. The number of hydrogen-bond acceptors (Lipinski definition) is 1. The molecule has 18 unspecified atom stereocenters. The highest BCUT2D eigenvalue weighted by Gasteiger charge is 3.38. The summed E-state index contributed by atoms with van der Waals surface area (Å²) < 4.78 is 0. The molecule has 13 saturated carbocycles. The van der Waals surface area contributed by atoms with Crippen LogP contribution in [-0.4, -0.2) is 6.54 Å². The Morgan fingerprint density at radius 2 is 1.38 bits per heavy atom. The van der Waals surface area contributed by atoms with Crippen molar-refractivity contribution < 1.29 is 0 Å². The average Bonchev–Trinajstić information content (AvgIpc) is 3.29. The molecule has 0 amide bonds. The molecule has 0 aliphatic heterocycles. The first-order valence-electron chi connectivity index (χ1n) is 11.5. The van der Waals surface area contributed by atoms with E-state index in [1.165, 1.54) is 59.2 Å². The number of nitrogens with two attached hydrogens (primary N) is 1. The van der Waals surface area contributed by atoms with Crippen LogP contribution < -0.4 is 5.73 Å². The minimum atomic E-state index is 0.967. The molecule has 13 aliphatic carbocycles. The lowest BCUT2D eigenvalue weighted by molar-refractivity contribution is -0.817. The summed E-state index contributed by atoms with van der Waals surface area (Å²) >= 11 is 0. The van der Waals surface area contributed by atoms with Crippen LogP contribution in [0.2, 0.25) is 0 Å². The number of hydrogen-bond donors (Lipinski definition) is 1. The molecule has 1 nitrogen and oxygen atoms in total. The van der Waals surface area contributed by atoms with E-state index in [1.807, 2.05) is 0 Å². The maximum absolute atomic E-state index is 6.40. The zero-order chi connectivity index (χ0) is 14.4. The summed E-state index contributed by atoms with van der Waals surface area (Å²) in [5, 5.41) is 0. The van der Waals surface area contributed by atoms with E-state index >= 15 is 0 Å². The van der Waals surface area contributed by atoms with E-state index in [0.29, 0.717) is 0 Å². The van der Waals surface area contributed by atoms with E-state index in [4.69, 9.17) is 5.73 Å². The maximum atomic E-state index is 6.40. The first kappa shape index (κ1) is 9.77. The maximum Gasteiger partial charge on any atom is -0.00458 e. The fourth-order valence-electron chi connectivity index (χ4n) is 19.4. The zero-order valence-corrected chi connectivity index (χ0v) is 14.0. The van der Waals surface area contributed by atoms with Crippen molar-refractivity contribution in [3.8, 4) is 0 Å². The summed E-state index contributed by atoms with van der Waals surface area (Å²) in [7, 11) is 0. The van der Waals surface area contributed by atoms with Crippen LogP contribution in [0, 0.1) is 103 Å². The lowest BCUT2D eigenvalue weighted by Crippen LogP contribution is -3.25. The summed E-state index contributed by atoms with van der Waals surface area (Å²) in [6.45, 7) is 1.05. The summed E-state index contributed by atoms with van der Waals surface area (Å²) in [5.74, 6) is 13.6. The molecular formula is C23H23N. The second kappa shape index (κ2) is 1.73. The topological polar surface area (TPSA) is 26.0 Å². The molecule has 13 fully saturated rings. The van der Waals surface area contributed by atoms with E-state index in [9.17, 15) is 0 Å². The Bertz CT molecular complexity index is 1020. The van der Waals surface area contributed by atoms with Gasteiger partial charge in [-0.1, -0.05) is 0 Å². The van der Waals surface area contributed by atoms with Gasteiger partial charge in [0.15, 0.2) is 0 Å². The highest BCUT2D eigenvalue weighted by molar-refractivity contribution is 5.83. The Balaban J connectivity index is 1.26. The molecule has 24 heavy (non-hydrogen) atoms. The second-order valence-electron chi connectivity index (χ2n) is 13.7. The van der Waals surface area contributed by atoms with Crippen LogP contribution >= 0.6 is 0 Å². The first-order valence-corrected chi connectivity index (χ1v) is 11.5. The van der Waals surface area contributed by atoms with Gasteiger partial charge in [-0.15, -0.1) is 0 Å². The third-order valence-electron chi connectivity index (χ3n) is 16.7. The normalized spacial score (nSPS) is 110. The van der Waals surface area contributed by atoms with Crippen molar-refractivity contribution in [2.45, 2.75) is 25.7 Å². The second-order valence-corrected chi connectivity index (χ2v) is 13.7. The van der Waals surface area contributed by atoms with E-state index in [1.54, 1.807) is 25.7 Å². The Hall–Kier alpha value is -0.0400. The van der Waals surface area contributed by atoms with Gasteiger partial charge in [-0.05, 0) is 135 Å². The van der Waals surface area contributed by atoms with Crippen molar-refractivity contribution in [3.05, 3.63) is 0 Å². The molecule has 0 aromatic heterocycles. The van der Waals surface area contributed by atoms with E-state index in [0.717, 1.165) is 50.4 Å². The van der Waals surface area contributed by atoms with Gasteiger partial charge in [0.2, 0.25) is 0 Å². The molecule has 1 heteroatoms. The molecule has 0 heterocycles. The molecule has 0 aromatic carbocycles. The summed E-state index contributed by atoms with van der Waals surface area (Å²) in [6, 6.07) is 0. The molecular weight excluding hydrogens is 290 g/mol. The third kappa shape index (κ3) is 0.295. The minimum Gasteiger partial charge on any atom is -0.330 e. The molecule has 120 valence electrons. The fraction of sp³-hybridized carbons (Fsp3) is 1.00. The zero-order valence-electron chi connectivity index (χ0n) is 14.0. The van der Waals surface area contributed by atoms with Gasteiger partial charge in [-0.3, -0.25) is 0 Å². The molecule has 13 rings (SSSR count). The van der Waals surface area contributed by atoms with E-state index < -0.39 is 0 Å². The van der Waals surface area contributed by atoms with Crippen molar-refractivity contribution in [1.82, 2.24) is 0 Å². The molecule has 2 N–H and O–H groups in total. The lowest BCUT2D eigenvalue weighted by Gasteiger charge is -3.27. The van der Waals surface area contributed by atoms with Gasteiger partial charge in [0.05, 0.1) is 0 Å². The average molecular weight is 313 g/mol. The van der Waals surface area contributed by atoms with Crippen LogP contribution in [0.25, 0.3) is 0 Å². The number of fused-ring (bicyclic) bond motifs is 6. The van der Waals surface area contributed by atoms with Gasteiger partial charge in [0.1, 0.15) is 0 Å². The molecule has 0 aromatic rings. The summed E-state index contributed by atoms with van der Waals surface area (Å²) in [4.78, 5) is 0. The van der Waals surface area contributed by atoms with Gasteiger partial charge in [0, 0.05) is 0 Å².